The van der Waals surface area contributed by atoms with Crippen molar-refractivity contribution >= 4 is 0 Å². The molecule has 0 bridgehead atoms. The molecule has 3 rings (SSSR count). The zero-order valence-corrected chi connectivity index (χ0v) is 13.4. The highest BCUT2D eigenvalue weighted by atomic mass is 16.5. The lowest BCUT2D eigenvalue weighted by Crippen LogP contribution is -2.22. The van der Waals surface area contributed by atoms with Gasteiger partial charge in [0.05, 0.1) is 12.6 Å². The van der Waals surface area contributed by atoms with Crippen LogP contribution >= 0.6 is 0 Å². The Balaban J connectivity index is 1.64. The van der Waals surface area contributed by atoms with Crippen LogP contribution in [0.15, 0.2) is 34.9 Å². The van der Waals surface area contributed by atoms with E-state index < -0.39 is 0 Å². The maximum atomic E-state index is 5.64. The molecule has 1 saturated heterocycles. The van der Waals surface area contributed by atoms with Gasteiger partial charge in [-0.2, -0.15) is 0 Å². The molecule has 0 amide bonds. The molecule has 0 radical (unpaired) electrons. The minimum atomic E-state index is 0.383. The van der Waals surface area contributed by atoms with E-state index in [0.29, 0.717) is 6.04 Å². The molecule has 2 aromatic rings. The molecule has 1 atom stereocenters. The average molecular weight is 300 g/mol. The van der Waals surface area contributed by atoms with Crippen LogP contribution in [-0.2, 0) is 6.54 Å². The summed E-state index contributed by atoms with van der Waals surface area (Å²) < 4.78 is 10.9. The molecular formula is C18H24N2O2. The van der Waals surface area contributed by atoms with Crippen LogP contribution in [0.25, 0.3) is 0 Å². The van der Waals surface area contributed by atoms with Gasteiger partial charge in [-0.25, -0.2) is 0 Å². The first-order valence-electron chi connectivity index (χ1n) is 8.15. The number of benzene rings is 1. The molecule has 1 aromatic carbocycles. The van der Waals surface area contributed by atoms with Gasteiger partial charge in [0, 0.05) is 12.6 Å². The summed E-state index contributed by atoms with van der Waals surface area (Å²) in [6, 6.07) is 10.9. The van der Waals surface area contributed by atoms with E-state index in [1.807, 2.05) is 6.92 Å². The topological polar surface area (TPSA) is 38.5 Å². The van der Waals surface area contributed by atoms with Crippen LogP contribution in [0.2, 0.25) is 0 Å². The molecule has 0 saturated carbocycles. The predicted octanol–water partition coefficient (Wildman–Crippen LogP) is 4.11. The third-order valence-corrected chi connectivity index (χ3v) is 4.13. The van der Waals surface area contributed by atoms with Gasteiger partial charge >= 0.3 is 0 Å². The molecule has 1 aliphatic rings. The van der Waals surface area contributed by atoms with E-state index in [2.05, 4.69) is 47.3 Å². The number of rotatable bonds is 6. The van der Waals surface area contributed by atoms with Gasteiger partial charge in [0.15, 0.2) is 0 Å². The van der Waals surface area contributed by atoms with E-state index in [0.717, 1.165) is 49.7 Å². The number of ether oxygens (including phenoxy) is 1. The van der Waals surface area contributed by atoms with Crippen molar-refractivity contribution in [3.8, 4) is 5.75 Å². The molecular weight excluding hydrogens is 276 g/mol. The third-order valence-electron chi connectivity index (χ3n) is 4.13. The van der Waals surface area contributed by atoms with Crippen LogP contribution in [0.4, 0.5) is 0 Å². The first kappa shape index (κ1) is 15.1. The predicted molar refractivity (Wildman–Crippen MR) is 85.9 cm³/mol. The van der Waals surface area contributed by atoms with E-state index >= 15 is 0 Å². The largest absolute Gasteiger partial charge is 0.494 e. The van der Waals surface area contributed by atoms with Crippen LogP contribution in [0.1, 0.15) is 49.2 Å². The smallest absolute Gasteiger partial charge is 0.133 e. The molecule has 1 unspecified atom stereocenters. The van der Waals surface area contributed by atoms with E-state index in [1.54, 1.807) is 0 Å². The Morgan fingerprint density at radius 1 is 1.32 bits per heavy atom. The summed E-state index contributed by atoms with van der Waals surface area (Å²) in [5.74, 6) is 1.84. The zero-order valence-electron chi connectivity index (χ0n) is 13.4. The number of nitrogens with zero attached hydrogens (tertiary/aromatic N) is 2. The molecule has 2 heterocycles. The molecule has 1 aromatic heterocycles. The number of likely N-dealkylation sites (tertiary alicyclic amines) is 1. The normalized spacial score (nSPS) is 18.7. The second-order valence-corrected chi connectivity index (χ2v) is 5.98. The molecule has 1 fully saturated rings. The highest BCUT2D eigenvalue weighted by Gasteiger charge is 2.28. The van der Waals surface area contributed by atoms with Gasteiger partial charge in [-0.1, -0.05) is 24.2 Å². The molecule has 1 aliphatic heterocycles. The summed E-state index contributed by atoms with van der Waals surface area (Å²) >= 11 is 0. The second-order valence-electron chi connectivity index (χ2n) is 5.98. The van der Waals surface area contributed by atoms with Gasteiger partial charge in [0.2, 0.25) is 0 Å². The Bertz CT molecular complexity index is 591. The van der Waals surface area contributed by atoms with Gasteiger partial charge in [-0.15, -0.1) is 0 Å². The Hall–Kier alpha value is -1.81. The zero-order chi connectivity index (χ0) is 15.4. The van der Waals surface area contributed by atoms with Gasteiger partial charge in [0.25, 0.3) is 0 Å². The lowest BCUT2D eigenvalue weighted by atomic mass is 10.1. The highest BCUT2D eigenvalue weighted by Crippen LogP contribution is 2.32. The first-order valence-corrected chi connectivity index (χ1v) is 8.15. The van der Waals surface area contributed by atoms with Crippen molar-refractivity contribution in [1.29, 1.82) is 0 Å². The SMILES string of the molecule is CCCOc1ccc(CN2CCCC2c2cc(C)on2)cc1. The fraction of sp³-hybridized carbons (Fsp3) is 0.500. The number of aryl methyl sites for hydroxylation is 1. The quantitative estimate of drug-likeness (QED) is 0.804. The van der Waals surface area contributed by atoms with Crippen molar-refractivity contribution in [3.05, 3.63) is 47.3 Å². The van der Waals surface area contributed by atoms with Gasteiger partial charge < -0.3 is 9.26 Å². The minimum Gasteiger partial charge on any atom is -0.494 e. The maximum absolute atomic E-state index is 5.64. The van der Waals surface area contributed by atoms with Crippen molar-refractivity contribution in [2.75, 3.05) is 13.2 Å². The average Bonchev–Trinajstić information content (AvgIpc) is 3.15. The summed E-state index contributed by atoms with van der Waals surface area (Å²) in [6.45, 7) is 6.91. The van der Waals surface area contributed by atoms with Crippen molar-refractivity contribution in [1.82, 2.24) is 10.1 Å². The fourth-order valence-electron chi connectivity index (χ4n) is 3.04. The monoisotopic (exact) mass is 300 g/mol. The standard InChI is InChI=1S/C18H24N2O2/c1-3-11-21-16-8-6-15(7-9-16)13-20-10-4-5-18(20)17-12-14(2)22-19-17/h6-9,12,18H,3-5,10-11,13H2,1-2H3. The second kappa shape index (κ2) is 6.97. The minimum absolute atomic E-state index is 0.383. The maximum Gasteiger partial charge on any atom is 0.133 e. The molecule has 0 aliphatic carbocycles. The van der Waals surface area contributed by atoms with Crippen LogP contribution in [0.5, 0.6) is 5.75 Å². The lowest BCUT2D eigenvalue weighted by Gasteiger charge is -2.22. The van der Waals surface area contributed by atoms with Crippen molar-refractivity contribution < 1.29 is 9.26 Å². The Morgan fingerprint density at radius 2 is 2.14 bits per heavy atom. The number of hydrogen-bond donors (Lipinski definition) is 0. The first-order chi connectivity index (χ1) is 10.8. The van der Waals surface area contributed by atoms with Crippen LogP contribution in [0, 0.1) is 6.92 Å². The Morgan fingerprint density at radius 3 is 2.82 bits per heavy atom. The molecule has 118 valence electrons. The van der Waals surface area contributed by atoms with Crippen molar-refractivity contribution in [3.63, 3.8) is 0 Å². The number of aromatic nitrogens is 1. The van der Waals surface area contributed by atoms with E-state index in [4.69, 9.17) is 9.26 Å². The summed E-state index contributed by atoms with van der Waals surface area (Å²) in [5, 5.41) is 4.20. The van der Waals surface area contributed by atoms with E-state index in [9.17, 15) is 0 Å². The summed E-state index contributed by atoms with van der Waals surface area (Å²) in [5.41, 5.74) is 2.38. The van der Waals surface area contributed by atoms with Crippen LogP contribution in [-0.4, -0.2) is 23.2 Å². The summed E-state index contributed by atoms with van der Waals surface area (Å²) in [4.78, 5) is 2.49. The highest BCUT2D eigenvalue weighted by molar-refractivity contribution is 5.27. The third kappa shape index (κ3) is 3.50. The lowest BCUT2D eigenvalue weighted by molar-refractivity contribution is 0.236. The van der Waals surface area contributed by atoms with Crippen LogP contribution in [0.3, 0.4) is 0 Å². The Kier molecular flexibility index (Phi) is 4.78. The van der Waals surface area contributed by atoms with E-state index in [1.165, 1.54) is 12.0 Å². The van der Waals surface area contributed by atoms with Crippen molar-refractivity contribution in [2.45, 2.75) is 45.7 Å². The molecule has 0 N–H and O–H groups in total. The molecule has 4 heteroatoms. The summed E-state index contributed by atoms with van der Waals surface area (Å²) in [6.07, 6.45) is 3.41. The van der Waals surface area contributed by atoms with E-state index in [-0.39, 0.29) is 0 Å². The van der Waals surface area contributed by atoms with Crippen LogP contribution < -0.4 is 4.74 Å². The summed E-state index contributed by atoms with van der Waals surface area (Å²) in [7, 11) is 0. The van der Waals surface area contributed by atoms with Crippen molar-refractivity contribution in [2.24, 2.45) is 0 Å². The van der Waals surface area contributed by atoms with Gasteiger partial charge in [-0.05, 0) is 50.4 Å². The fourth-order valence-corrected chi connectivity index (χ4v) is 3.04. The van der Waals surface area contributed by atoms with Gasteiger partial charge in [0.1, 0.15) is 17.2 Å². The molecule has 22 heavy (non-hydrogen) atoms. The van der Waals surface area contributed by atoms with Gasteiger partial charge in [-0.3, -0.25) is 4.90 Å². The molecule has 4 nitrogen and oxygen atoms in total. The Labute approximate surface area is 132 Å². The molecule has 0 spiro atoms. The number of hydrogen-bond acceptors (Lipinski definition) is 4.